The molecule has 1 aromatic heterocycles. The van der Waals surface area contributed by atoms with Crippen molar-refractivity contribution in [2.24, 2.45) is 0 Å². The van der Waals surface area contributed by atoms with Crippen molar-refractivity contribution in [3.8, 4) is 22.1 Å². The fourth-order valence-electron chi connectivity index (χ4n) is 2.77. The number of carbonyl (C=O) groups is 2. The molecule has 0 aliphatic rings. The third-order valence-corrected chi connectivity index (χ3v) is 5.26. The average molecular weight is 458 g/mol. The number of hydrogen-bond donors (Lipinski definition) is 0. The number of nitro groups is 1. The smallest absolute Gasteiger partial charge is 0.338 e. The Hall–Kier alpha value is -3.99. The summed E-state index contributed by atoms with van der Waals surface area (Å²) in [5.41, 5.74) is 0.593. The number of nitro benzene ring substituents is 1. The van der Waals surface area contributed by atoms with E-state index >= 15 is 0 Å². The van der Waals surface area contributed by atoms with Crippen molar-refractivity contribution in [2.75, 3.05) is 21.3 Å². The van der Waals surface area contributed by atoms with E-state index in [0.717, 1.165) is 24.8 Å². The molecule has 166 valence electrons. The third-order valence-electron chi connectivity index (χ3n) is 4.32. The maximum Gasteiger partial charge on any atom is 0.338 e. The fourth-order valence-corrected chi connectivity index (χ4v) is 3.57. The maximum absolute atomic E-state index is 12.4. The summed E-state index contributed by atoms with van der Waals surface area (Å²) in [7, 11) is 4.22. The lowest BCUT2D eigenvalue weighted by Gasteiger charge is -2.08. The summed E-state index contributed by atoms with van der Waals surface area (Å²) in [6, 6.07) is 8.61. The van der Waals surface area contributed by atoms with Crippen molar-refractivity contribution in [3.05, 3.63) is 68.7 Å². The number of methoxy groups -OCH3 is 3. The van der Waals surface area contributed by atoms with E-state index in [9.17, 15) is 19.7 Å². The molecule has 32 heavy (non-hydrogen) atoms. The average Bonchev–Trinajstić information content (AvgIpc) is 3.30. The van der Waals surface area contributed by atoms with Gasteiger partial charge in [-0.2, -0.15) is 0 Å². The molecular formula is C21H18N2O8S. The zero-order valence-corrected chi connectivity index (χ0v) is 18.1. The molecule has 0 bridgehead atoms. The largest absolute Gasteiger partial charge is 0.493 e. The van der Waals surface area contributed by atoms with Crippen molar-refractivity contribution in [3.63, 3.8) is 0 Å². The van der Waals surface area contributed by atoms with Crippen LogP contribution in [-0.2, 0) is 16.1 Å². The third kappa shape index (κ3) is 5.01. The van der Waals surface area contributed by atoms with Crippen LogP contribution in [-0.4, -0.2) is 43.2 Å². The Balaban J connectivity index is 1.75. The summed E-state index contributed by atoms with van der Waals surface area (Å²) in [5, 5.41) is 13.5. The summed E-state index contributed by atoms with van der Waals surface area (Å²) in [5.74, 6) is -0.494. The van der Waals surface area contributed by atoms with Gasteiger partial charge in [-0.15, -0.1) is 11.3 Å². The number of esters is 2. The first-order valence-electron chi connectivity index (χ1n) is 9.08. The number of carbonyl (C=O) groups excluding carboxylic acids is 2. The fraction of sp³-hybridized carbons (Fsp3) is 0.190. The van der Waals surface area contributed by atoms with Crippen LogP contribution in [0.25, 0.3) is 10.6 Å². The lowest BCUT2D eigenvalue weighted by molar-refractivity contribution is -0.384. The van der Waals surface area contributed by atoms with E-state index < -0.39 is 22.5 Å². The van der Waals surface area contributed by atoms with E-state index in [1.807, 2.05) is 6.07 Å². The number of rotatable bonds is 8. The molecule has 0 saturated heterocycles. The van der Waals surface area contributed by atoms with Gasteiger partial charge in [0.15, 0.2) is 11.5 Å². The van der Waals surface area contributed by atoms with Crippen LogP contribution in [0, 0.1) is 10.1 Å². The number of ether oxygens (including phenoxy) is 4. The SMILES string of the molecule is COC(=O)c1cc(C(=O)OCc2csc(-c3ccc(OC)c(OC)c3)n2)cc([N+](=O)[O-])c1. The van der Waals surface area contributed by atoms with Crippen LogP contribution in [0.15, 0.2) is 41.8 Å². The Morgan fingerprint density at radius 1 is 1.00 bits per heavy atom. The highest BCUT2D eigenvalue weighted by atomic mass is 32.1. The monoisotopic (exact) mass is 458 g/mol. The van der Waals surface area contributed by atoms with Crippen LogP contribution in [0.4, 0.5) is 5.69 Å². The predicted molar refractivity (Wildman–Crippen MR) is 114 cm³/mol. The lowest BCUT2D eigenvalue weighted by Crippen LogP contribution is -2.09. The Morgan fingerprint density at radius 2 is 1.69 bits per heavy atom. The van der Waals surface area contributed by atoms with Gasteiger partial charge in [-0.1, -0.05) is 0 Å². The highest BCUT2D eigenvalue weighted by Crippen LogP contribution is 2.33. The Bertz CT molecular complexity index is 1170. The molecule has 0 aliphatic carbocycles. The molecule has 0 saturated carbocycles. The van der Waals surface area contributed by atoms with E-state index in [0.29, 0.717) is 22.2 Å². The molecule has 3 aromatic rings. The highest BCUT2D eigenvalue weighted by Gasteiger charge is 2.20. The second-order valence-corrected chi connectivity index (χ2v) is 7.17. The zero-order valence-electron chi connectivity index (χ0n) is 17.3. The number of thiazole rings is 1. The number of non-ortho nitro benzene ring substituents is 1. The second-order valence-electron chi connectivity index (χ2n) is 6.31. The van der Waals surface area contributed by atoms with Gasteiger partial charge in [-0.25, -0.2) is 14.6 Å². The molecule has 0 spiro atoms. The summed E-state index contributed by atoms with van der Waals surface area (Å²) in [6.07, 6.45) is 0. The molecule has 10 nitrogen and oxygen atoms in total. The van der Waals surface area contributed by atoms with Crippen LogP contribution >= 0.6 is 11.3 Å². The van der Waals surface area contributed by atoms with E-state index in [1.54, 1.807) is 24.6 Å². The van der Waals surface area contributed by atoms with Crippen LogP contribution in [0.3, 0.4) is 0 Å². The molecular weight excluding hydrogens is 440 g/mol. The van der Waals surface area contributed by atoms with E-state index in [1.165, 1.54) is 24.5 Å². The normalized spacial score (nSPS) is 10.3. The molecule has 0 atom stereocenters. The van der Waals surface area contributed by atoms with Gasteiger partial charge < -0.3 is 18.9 Å². The van der Waals surface area contributed by atoms with Crippen molar-refractivity contribution in [1.82, 2.24) is 4.98 Å². The van der Waals surface area contributed by atoms with Gasteiger partial charge in [0.2, 0.25) is 0 Å². The molecule has 2 aromatic carbocycles. The number of aromatic nitrogens is 1. The minimum absolute atomic E-state index is 0.127. The summed E-state index contributed by atoms with van der Waals surface area (Å²) in [4.78, 5) is 39.0. The second kappa shape index (κ2) is 9.88. The Morgan fingerprint density at radius 3 is 2.31 bits per heavy atom. The first-order valence-corrected chi connectivity index (χ1v) is 9.96. The molecule has 0 N–H and O–H groups in total. The molecule has 3 rings (SSSR count). The molecule has 0 radical (unpaired) electrons. The number of benzene rings is 2. The molecule has 0 fully saturated rings. The van der Waals surface area contributed by atoms with Crippen molar-refractivity contribution in [1.29, 1.82) is 0 Å². The van der Waals surface area contributed by atoms with Crippen LogP contribution < -0.4 is 9.47 Å². The maximum atomic E-state index is 12.4. The van der Waals surface area contributed by atoms with Crippen molar-refractivity contribution >= 4 is 29.0 Å². The van der Waals surface area contributed by atoms with Gasteiger partial charge in [0, 0.05) is 23.1 Å². The van der Waals surface area contributed by atoms with Crippen LogP contribution in [0.1, 0.15) is 26.4 Å². The molecule has 0 unspecified atom stereocenters. The number of hydrogen-bond acceptors (Lipinski definition) is 10. The molecule has 0 amide bonds. The standard InChI is InChI=1S/C21H18N2O8S/c1-28-17-5-4-12(9-18(17)29-2)19-22-15(11-32-19)10-31-21(25)14-6-13(20(24)30-3)7-16(8-14)23(26)27/h4-9,11H,10H2,1-3H3. The number of nitrogens with zero attached hydrogens (tertiary/aromatic N) is 2. The quantitative estimate of drug-likeness (QED) is 0.281. The minimum Gasteiger partial charge on any atom is -0.493 e. The van der Waals surface area contributed by atoms with Crippen LogP contribution in [0.2, 0.25) is 0 Å². The summed E-state index contributed by atoms with van der Waals surface area (Å²) >= 11 is 1.35. The van der Waals surface area contributed by atoms with Gasteiger partial charge in [0.05, 0.1) is 43.1 Å². The van der Waals surface area contributed by atoms with Crippen LogP contribution in [0.5, 0.6) is 11.5 Å². The van der Waals surface area contributed by atoms with Gasteiger partial charge in [0.25, 0.3) is 5.69 Å². The van der Waals surface area contributed by atoms with E-state index in [2.05, 4.69) is 9.72 Å². The minimum atomic E-state index is -0.834. The van der Waals surface area contributed by atoms with Crippen molar-refractivity contribution < 1.29 is 33.5 Å². The van der Waals surface area contributed by atoms with Crippen molar-refractivity contribution in [2.45, 2.75) is 6.61 Å². The topological polar surface area (TPSA) is 127 Å². The Labute approximate surface area is 186 Å². The first kappa shape index (κ1) is 22.7. The van der Waals surface area contributed by atoms with Gasteiger partial charge in [-0.05, 0) is 24.3 Å². The highest BCUT2D eigenvalue weighted by molar-refractivity contribution is 7.13. The van der Waals surface area contributed by atoms with E-state index in [4.69, 9.17) is 14.2 Å². The molecule has 1 heterocycles. The summed E-state index contributed by atoms with van der Waals surface area (Å²) < 4.78 is 20.3. The van der Waals surface area contributed by atoms with Gasteiger partial charge in [-0.3, -0.25) is 10.1 Å². The lowest BCUT2D eigenvalue weighted by atomic mass is 10.1. The predicted octanol–water partition coefficient (Wildman–Crippen LogP) is 3.88. The zero-order chi connectivity index (χ0) is 23.3. The molecule has 11 heteroatoms. The summed E-state index contributed by atoms with van der Waals surface area (Å²) in [6.45, 7) is -0.154. The first-order chi connectivity index (χ1) is 15.4. The van der Waals surface area contributed by atoms with E-state index in [-0.39, 0.29) is 17.7 Å². The molecule has 0 aliphatic heterocycles. The van der Waals surface area contributed by atoms with Gasteiger partial charge in [0.1, 0.15) is 11.6 Å². The Kier molecular flexibility index (Phi) is 7.00. The van der Waals surface area contributed by atoms with Gasteiger partial charge >= 0.3 is 11.9 Å².